The second-order valence-corrected chi connectivity index (χ2v) is 4.04. The number of hydrogen-bond donors (Lipinski definition) is 1. The number of thiol groups is 1. The average Bonchev–Trinajstić information content (AvgIpc) is 1.96. The lowest BCUT2D eigenvalue weighted by Gasteiger charge is -1.97. The molecule has 0 saturated carbocycles. The fourth-order valence-corrected chi connectivity index (χ4v) is 1.60. The van der Waals surface area contributed by atoms with Crippen LogP contribution in [-0.2, 0) is 16.5 Å². The van der Waals surface area contributed by atoms with Crippen molar-refractivity contribution in [2.45, 2.75) is 5.75 Å². The van der Waals surface area contributed by atoms with Crippen LogP contribution in [0.2, 0.25) is 10.0 Å². The van der Waals surface area contributed by atoms with E-state index in [2.05, 4.69) is 0 Å². The highest BCUT2D eigenvalue weighted by atomic mass is 35.5. The highest BCUT2D eigenvalue weighted by Gasteiger charge is 1.99. The van der Waals surface area contributed by atoms with Gasteiger partial charge in [-0.1, -0.05) is 29.3 Å². The van der Waals surface area contributed by atoms with Crippen molar-refractivity contribution in [1.29, 1.82) is 0 Å². The molecule has 1 rings (SSSR count). The molecule has 2 nitrogen and oxygen atoms in total. The quantitative estimate of drug-likeness (QED) is 0.782. The van der Waals surface area contributed by atoms with E-state index in [1.54, 1.807) is 18.2 Å². The zero-order chi connectivity index (χ0) is 9.14. The fourth-order valence-electron chi connectivity index (χ4n) is 0.787. The van der Waals surface area contributed by atoms with Crippen molar-refractivity contribution in [2.75, 3.05) is 0 Å². The van der Waals surface area contributed by atoms with Gasteiger partial charge in [0.05, 0.1) is 15.8 Å². The third-order valence-electron chi connectivity index (χ3n) is 1.30. The first-order chi connectivity index (χ1) is 5.59. The molecule has 5 heteroatoms. The molecule has 0 unspecified atom stereocenters. The van der Waals surface area contributed by atoms with Crippen LogP contribution in [0, 0.1) is 0 Å². The van der Waals surface area contributed by atoms with Crippen molar-refractivity contribution in [3.05, 3.63) is 33.8 Å². The highest BCUT2D eigenvalue weighted by molar-refractivity contribution is 7.71. The normalized spacial score (nSPS) is 10.6. The molecule has 0 amide bonds. The van der Waals surface area contributed by atoms with Gasteiger partial charge in [-0.15, -0.1) is 0 Å². The minimum atomic E-state index is -2.40. The van der Waals surface area contributed by atoms with E-state index in [4.69, 9.17) is 23.2 Å². The van der Waals surface area contributed by atoms with Crippen molar-refractivity contribution in [2.24, 2.45) is 0 Å². The second-order valence-electron chi connectivity index (χ2n) is 2.24. The molecule has 0 spiro atoms. The van der Waals surface area contributed by atoms with E-state index in [1.165, 1.54) is 0 Å². The zero-order valence-corrected chi connectivity index (χ0v) is 8.37. The lowest BCUT2D eigenvalue weighted by Crippen LogP contribution is -1.85. The first kappa shape index (κ1) is 9.84. The molecule has 0 N–H and O–H groups in total. The van der Waals surface area contributed by atoms with Crippen molar-refractivity contribution in [3.63, 3.8) is 0 Å². The predicted octanol–water partition coefficient (Wildman–Crippen LogP) is 2.10. The Morgan fingerprint density at radius 2 is 1.83 bits per heavy atom. The molecule has 0 radical (unpaired) electrons. The van der Waals surface area contributed by atoms with E-state index >= 15 is 0 Å². The van der Waals surface area contributed by atoms with Crippen LogP contribution in [0.15, 0.2) is 18.2 Å². The maximum atomic E-state index is 10.3. The van der Waals surface area contributed by atoms with E-state index < -0.39 is 10.7 Å². The third kappa shape index (κ3) is 2.66. The largest absolute Gasteiger partial charge is 0.232 e. The zero-order valence-electron chi connectivity index (χ0n) is 5.96. The third-order valence-corrected chi connectivity index (χ3v) is 2.66. The molecule has 0 aliphatic rings. The summed E-state index contributed by atoms with van der Waals surface area (Å²) in [7, 11) is -2.40. The van der Waals surface area contributed by atoms with Crippen molar-refractivity contribution < 1.29 is 8.42 Å². The number of halogens is 2. The molecule has 1 aromatic rings. The summed E-state index contributed by atoms with van der Waals surface area (Å²) in [6.07, 6.45) is 0. The van der Waals surface area contributed by atoms with Crippen molar-refractivity contribution >= 4 is 33.9 Å². The minimum Gasteiger partial charge on any atom is -0.232 e. The van der Waals surface area contributed by atoms with Crippen LogP contribution in [-0.4, -0.2) is 8.42 Å². The SMILES string of the molecule is O=[SH](=O)Cc1ccc(Cl)c(Cl)c1. The molecule has 0 aromatic heterocycles. The van der Waals surface area contributed by atoms with Gasteiger partial charge < -0.3 is 0 Å². The van der Waals surface area contributed by atoms with E-state index in [0.717, 1.165) is 0 Å². The van der Waals surface area contributed by atoms with Crippen LogP contribution in [0.25, 0.3) is 0 Å². The number of benzene rings is 1. The minimum absolute atomic E-state index is 0.00617. The standard InChI is InChI=1S/C7H6Cl2O2S/c8-6-2-1-5(3-7(6)9)4-12(10)11/h1-3,12H,4H2. The summed E-state index contributed by atoms with van der Waals surface area (Å²) in [6.45, 7) is 0. The van der Waals surface area contributed by atoms with Gasteiger partial charge in [0.1, 0.15) is 10.7 Å². The maximum Gasteiger partial charge on any atom is 0.144 e. The van der Waals surface area contributed by atoms with Gasteiger partial charge in [-0.2, -0.15) is 0 Å². The van der Waals surface area contributed by atoms with E-state index in [1.807, 2.05) is 0 Å². The van der Waals surface area contributed by atoms with Gasteiger partial charge in [0.2, 0.25) is 0 Å². The molecule has 1 aromatic carbocycles. The molecule has 12 heavy (non-hydrogen) atoms. The van der Waals surface area contributed by atoms with Gasteiger partial charge in [0.15, 0.2) is 0 Å². The number of rotatable bonds is 2. The smallest absolute Gasteiger partial charge is 0.144 e. The van der Waals surface area contributed by atoms with Gasteiger partial charge in [0.25, 0.3) is 0 Å². The summed E-state index contributed by atoms with van der Waals surface area (Å²) >= 11 is 11.3. The van der Waals surface area contributed by atoms with Gasteiger partial charge in [-0.3, -0.25) is 0 Å². The summed E-state index contributed by atoms with van der Waals surface area (Å²) in [6, 6.07) is 4.77. The molecule has 0 bridgehead atoms. The Labute approximate surface area is 82.1 Å². The van der Waals surface area contributed by atoms with Gasteiger partial charge >= 0.3 is 0 Å². The summed E-state index contributed by atoms with van der Waals surface area (Å²) in [5.41, 5.74) is 0.653. The Morgan fingerprint density at radius 1 is 1.17 bits per heavy atom. The van der Waals surface area contributed by atoms with Crippen molar-refractivity contribution in [3.8, 4) is 0 Å². The molecule has 0 atom stereocenters. The molecule has 0 saturated heterocycles. The van der Waals surface area contributed by atoms with Gasteiger partial charge in [0, 0.05) is 0 Å². The molecule has 0 heterocycles. The van der Waals surface area contributed by atoms with Crippen molar-refractivity contribution in [1.82, 2.24) is 0 Å². The highest BCUT2D eigenvalue weighted by Crippen LogP contribution is 2.22. The lowest BCUT2D eigenvalue weighted by atomic mass is 10.2. The van der Waals surface area contributed by atoms with E-state index in [-0.39, 0.29) is 5.75 Å². The van der Waals surface area contributed by atoms with Crippen LogP contribution in [0.3, 0.4) is 0 Å². The van der Waals surface area contributed by atoms with Gasteiger partial charge in [-0.25, -0.2) is 8.42 Å². The Morgan fingerprint density at radius 3 is 2.33 bits per heavy atom. The lowest BCUT2D eigenvalue weighted by molar-refractivity contribution is 0.614. The Kier molecular flexibility index (Phi) is 3.38. The van der Waals surface area contributed by atoms with Crippen LogP contribution >= 0.6 is 23.2 Å². The second kappa shape index (κ2) is 4.12. The molecule has 0 fully saturated rings. The predicted molar refractivity (Wildman–Crippen MR) is 50.5 cm³/mol. The van der Waals surface area contributed by atoms with E-state index in [0.29, 0.717) is 15.6 Å². The van der Waals surface area contributed by atoms with Crippen LogP contribution in [0.5, 0.6) is 0 Å². The first-order valence-corrected chi connectivity index (χ1v) is 5.27. The monoisotopic (exact) mass is 224 g/mol. The van der Waals surface area contributed by atoms with Crippen LogP contribution in [0.4, 0.5) is 0 Å². The molecule has 66 valence electrons. The average molecular weight is 225 g/mol. The Bertz CT molecular complexity index is 352. The summed E-state index contributed by atoms with van der Waals surface area (Å²) in [4.78, 5) is 0. The Balaban J connectivity index is 2.97. The maximum absolute atomic E-state index is 10.3. The molecule has 0 aliphatic carbocycles. The molecule has 0 aliphatic heterocycles. The van der Waals surface area contributed by atoms with E-state index in [9.17, 15) is 8.42 Å². The van der Waals surface area contributed by atoms with Crippen LogP contribution in [0.1, 0.15) is 5.56 Å². The summed E-state index contributed by atoms with van der Waals surface area (Å²) in [5.74, 6) is 0.00617. The topological polar surface area (TPSA) is 34.1 Å². The molecular formula is C7H6Cl2O2S. The van der Waals surface area contributed by atoms with Crippen LogP contribution < -0.4 is 0 Å². The molecular weight excluding hydrogens is 219 g/mol. The first-order valence-electron chi connectivity index (χ1n) is 3.15. The summed E-state index contributed by atoms with van der Waals surface area (Å²) in [5, 5.41) is 0.813. The fraction of sp³-hybridized carbons (Fsp3) is 0.143. The Hall–Kier alpha value is -0.250. The number of hydrogen-bond acceptors (Lipinski definition) is 2. The van der Waals surface area contributed by atoms with Gasteiger partial charge in [-0.05, 0) is 17.7 Å². The summed E-state index contributed by atoms with van der Waals surface area (Å²) < 4.78 is 20.7.